The number of aliphatic hydroxyl groups is 1. The number of alkyl halides is 1. The van der Waals surface area contributed by atoms with Crippen molar-refractivity contribution in [1.29, 1.82) is 0 Å². The van der Waals surface area contributed by atoms with Crippen molar-refractivity contribution in [2.45, 2.75) is 68.8 Å². The van der Waals surface area contributed by atoms with Gasteiger partial charge in [-0.25, -0.2) is 0 Å². The van der Waals surface area contributed by atoms with Crippen LogP contribution in [0.15, 0.2) is 0 Å². The highest BCUT2D eigenvalue weighted by atomic mass is 79.9. The quantitative estimate of drug-likeness (QED) is 0.446. The topological polar surface area (TPSA) is 105 Å². The number of ether oxygens (including phenoxy) is 2. The molecule has 3 aliphatic heterocycles. The molecule has 27 heavy (non-hydrogen) atoms. The lowest BCUT2D eigenvalue weighted by atomic mass is 9.70. The molecule has 2 N–H and O–H groups in total. The normalized spacial score (nSPS) is 38.3. The minimum Gasteiger partial charge on any atom is -0.466 e. The molecule has 0 aromatic rings. The third-order valence-corrected chi connectivity index (χ3v) is 6.55. The first-order valence-corrected chi connectivity index (χ1v) is 10.3. The fourth-order valence-electron chi connectivity index (χ4n) is 4.80. The van der Waals surface area contributed by atoms with E-state index in [1.54, 1.807) is 13.8 Å². The maximum atomic E-state index is 13.3. The molecule has 0 saturated carbocycles. The summed E-state index contributed by atoms with van der Waals surface area (Å²) in [6.45, 7) is 6.99. The Morgan fingerprint density at radius 2 is 2.11 bits per heavy atom. The Balaban J connectivity index is 2.06. The standard InChI is InChI=1S/C18H27BrN2O6/c1-5-26-17(25)11-12-16(24)21(9(4)7-22)14(15(23)20-8(2)3)18(12)6-10(19)13(11)27-18/h8-14,22H,5-7H2,1-4H3,(H,20,23)/t9-,10?,11+,12+,13+,14?,18?/m1/s1. The molecule has 0 aromatic carbocycles. The Kier molecular flexibility index (Phi) is 5.58. The lowest BCUT2D eigenvalue weighted by Gasteiger charge is -2.36. The van der Waals surface area contributed by atoms with E-state index in [9.17, 15) is 19.5 Å². The number of likely N-dealkylation sites (tertiary alicyclic amines) is 1. The van der Waals surface area contributed by atoms with Gasteiger partial charge >= 0.3 is 5.97 Å². The molecule has 3 rings (SSSR count). The summed E-state index contributed by atoms with van der Waals surface area (Å²) in [7, 11) is 0. The number of halogens is 1. The lowest BCUT2D eigenvalue weighted by molar-refractivity contribution is -0.155. The fourth-order valence-corrected chi connectivity index (χ4v) is 5.74. The number of carbonyl (C=O) groups excluding carboxylic acids is 3. The second kappa shape index (κ2) is 7.33. The van der Waals surface area contributed by atoms with Gasteiger partial charge in [0.2, 0.25) is 11.8 Å². The number of nitrogens with zero attached hydrogens (tertiary/aromatic N) is 1. The van der Waals surface area contributed by atoms with Gasteiger partial charge in [-0.3, -0.25) is 14.4 Å². The summed E-state index contributed by atoms with van der Waals surface area (Å²) >= 11 is 3.56. The summed E-state index contributed by atoms with van der Waals surface area (Å²) in [4.78, 5) is 40.3. The zero-order valence-corrected chi connectivity index (χ0v) is 17.6. The van der Waals surface area contributed by atoms with Crippen molar-refractivity contribution in [2.75, 3.05) is 13.2 Å². The van der Waals surface area contributed by atoms with Gasteiger partial charge in [0.05, 0.1) is 37.2 Å². The molecule has 3 aliphatic rings. The molecule has 9 heteroatoms. The van der Waals surface area contributed by atoms with Crippen molar-refractivity contribution in [3.63, 3.8) is 0 Å². The van der Waals surface area contributed by atoms with Crippen LogP contribution in [0.4, 0.5) is 0 Å². The molecule has 2 amide bonds. The van der Waals surface area contributed by atoms with E-state index in [0.29, 0.717) is 6.42 Å². The van der Waals surface area contributed by atoms with E-state index in [1.807, 2.05) is 13.8 Å². The number of aliphatic hydroxyl groups excluding tert-OH is 1. The first-order valence-electron chi connectivity index (χ1n) is 9.41. The predicted octanol–water partition coefficient (Wildman–Crippen LogP) is 0.203. The molecule has 3 saturated heterocycles. The van der Waals surface area contributed by atoms with Crippen molar-refractivity contribution in [1.82, 2.24) is 10.2 Å². The number of rotatable bonds is 6. The van der Waals surface area contributed by atoms with E-state index in [4.69, 9.17) is 9.47 Å². The average Bonchev–Trinajstić information content (AvgIpc) is 3.17. The molecular weight excluding hydrogens is 420 g/mol. The monoisotopic (exact) mass is 446 g/mol. The predicted molar refractivity (Wildman–Crippen MR) is 99.0 cm³/mol. The Bertz CT molecular complexity index is 643. The first-order chi connectivity index (χ1) is 12.7. The third kappa shape index (κ3) is 2.98. The molecule has 0 aromatic heterocycles. The van der Waals surface area contributed by atoms with Gasteiger partial charge < -0.3 is 24.8 Å². The summed E-state index contributed by atoms with van der Waals surface area (Å²) in [5.74, 6) is -2.69. The van der Waals surface area contributed by atoms with Crippen molar-refractivity contribution >= 4 is 33.7 Å². The van der Waals surface area contributed by atoms with Crippen LogP contribution in [0.1, 0.15) is 34.1 Å². The van der Waals surface area contributed by atoms with Crippen molar-refractivity contribution in [3.8, 4) is 0 Å². The molecule has 2 bridgehead atoms. The van der Waals surface area contributed by atoms with Gasteiger partial charge in [0.25, 0.3) is 0 Å². The maximum Gasteiger partial charge on any atom is 0.312 e. The van der Waals surface area contributed by atoms with Gasteiger partial charge in [0.1, 0.15) is 11.6 Å². The van der Waals surface area contributed by atoms with Crippen molar-refractivity contribution in [3.05, 3.63) is 0 Å². The number of hydrogen-bond donors (Lipinski definition) is 2. The minimum absolute atomic E-state index is 0.117. The third-order valence-electron chi connectivity index (χ3n) is 5.70. The first kappa shape index (κ1) is 20.5. The molecule has 1 spiro atoms. The molecule has 152 valence electrons. The molecule has 0 radical (unpaired) electrons. The lowest BCUT2D eigenvalue weighted by Crippen LogP contribution is -2.58. The number of carbonyl (C=O) groups is 3. The number of fused-ring (bicyclic) bond motifs is 1. The highest BCUT2D eigenvalue weighted by molar-refractivity contribution is 9.09. The number of esters is 1. The van der Waals surface area contributed by atoms with E-state index < -0.39 is 41.6 Å². The summed E-state index contributed by atoms with van der Waals surface area (Å²) < 4.78 is 11.4. The Hall–Kier alpha value is -1.19. The molecular formula is C18H27BrN2O6. The smallest absolute Gasteiger partial charge is 0.312 e. The van der Waals surface area contributed by atoms with Gasteiger partial charge in [0, 0.05) is 10.9 Å². The van der Waals surface area contributed by atoms with Crippen LogP contribution in [0.2, 0.25) is 0 Å². The number of amides is 2. The second-order valence-corrected chi connectivity index (χ2v) is 9.03. The van der Waals surface area contributed by atoms with Crippen LogP contribution in [0, 0.1) is 11.8 Å². The molecule has 3 heterocycles. The zero-order valence-electron chi connectivity index (χ0n) is 16.0. The summed E-state index contributed by atoms with van der Waals surface area (Å²) in [6, 6.07) is -1.59. The Labute approximate surface area is 167 Å². The van der Waals surface area contributed by atoms with E-state index in [1.165, 1.54) is 4.90 Å². The summed E-state index contributed by atoms with van der Waals surface area (Å²) in [5.41, 5.74) is -1.10. The molecule has 3 unspecified atom stereocenters. The fraction of sp³-hybridized carbons (Fsp3) is 0.833. The molecule has 8 nitrogen and oxygen atoms in total. The van der Waals surface area contributed by atoms with E-state index in [-0.39, 0.29) is 35.9 Å². The van der Waals surface area contributed by atoms with Crippen LogP contribution < -0.4 is 5.32 Å². The summed E-state index contributed by atoms with van der Waals surface area (Å²) in [6.07, 6.45) is -0.0756. The SMILES string of the molecule is CCOC(=O)[C@H]1[C@H]2C(=O)N([C@H](C)CO)C(C(=O)NC(C)C)C23CC(Br)[C@@H]1O3. The van der Waals surface area contributed by atoms with Crippen LogP contribution >= 0.6 is 15.9 Å². The van der Waals surface area contributed by atoms with Gasteiger partial charge in [-0.05, 0) is 34.1 Å². The van der Waals surface area contributed by atoms with Crippen LogP contribution in [0.3, 0.4) is 0 Å². The van der Waals surface area contributed by atoms with Crippen LogP contribution in [0.5, 0.6) is 0 Å². The summed E-state index contributed by atoms with van der Waals surface area (Å²) in [5, 5.41) is 12.5. The van der Waals surface area contributed by atoms with Crippen molar-refractivity contribution < 1.29 is 29.0 Å². The van der Waals surface area contributed by atoms with Gasteiger partial charge in [-0.1, -0.05) is 15.9 Å². The van der Waals surface area contributed by atoms with Gasteiger partial charge in [-0.15, -0.1) is 0 Å². The number of hydrogen-bond acceptors (Lipinski definition) is 6. The zero-order chi connectivity index (χ0) is 20.1. The molecule has 7 atom stereocenters. The van der Waals surface area contributed by atoms with Crippen LogP contribution in [0.25, 0.3) is 0 Å². The Morgan fingerprint density at radius 3 is 2.67 bits per heavy atom. The van der Waals surface area contributed by atoms with E-state index in [0.717, 1.165) is 0 Å². The van der Waals surface area contributed by atoms with E-state index >= 15 is 0 Å². The maximum absolute atomic E-state index is 13.3. The van der Waals surface area contributed by atoms with Gasteiger partial charge in [-0.2, -0.15) is 0 Å². The minimum atomic E-state index is -1.10. The second-order valence-electron chi connectivity index (χ2n) is 7.86. The largest absolute Gasteiger partial charge is 0.466 e. The highest BCUT2D eigenvalue weighted by Crippen LogP contribution is 2.60. The van der Waals surface area contributed by atoms with Crippen molar-refractivity contribution in [2.24, 2.45) is 11.8 Å². The van der Waals surface area contributed by atoms with Gasteiger partial charge in [0.15, 0.2) is 0 Å². The molecule has 3 fully saturated rings. The van der Waals surface area contributed by atoms with E-state index in [2.05, 4.69) is 21.2 Å². The average molecular weight is 447 g/mol. The van der Waals surface area contributed by atoms with Crippen LogP contribution in [-0.4, -0.2) is 75.7 Å². The van der Waals surface area contributed by atoms with Crippen LogP contribution in [-0.2, 0) is 23.9 Å². The highest BCUT2D eigenvalue weighted by Gasteiger charge is 2.77. The Morgan fingerprint density at radius 1 is 1.44 bits per heavy atom. The molecule has 0 aliphatic carbocycles. The number of nitrogens with one attached hydrogen (secondary N) is 1.